The van der Waals surface area contributed by atoms with Crippen LogP contribution < -0.4 is 0 Å². The second-order valence-corrected chi connectivity index (χ2v) is 1.66. The molecular formula is C3H5Sn. The summed E-state index contributed by atoms with van der Waals surface area (Å²) in [6.45, 7) is 3.50. The van der Waals surface area contributed by atoms with Crippen molar-refractivity contribution in [3.63, 3.8) is 0 Å². The maximum atomic E-state index is 3.50. The van der Waals surface area contributed by atoms with E-state index in [0.717, 1.165) is 0 Å². The first kappa shape index (κ1) is 4.54. The topological polar surface area (TPSA) is 0 Å². The Hall–Kier alpha value is 0.539. The summed E-state index contributed by atoms with van der Waals surface area (Å²) in [6, 6.07) is 0. The van der Waals surface area contributed by atoms with Crippen LogP contribution in [0.25, 0.3) is 0 Å². The van der Waals surface area contributed by atoms with Crippen LogP contribution in [0, 0.1) is 0 Å². The van der Waals surface area contributed by atoms with Gasteiger partial charge in [-0.05, 0) is 0 Å². The summed E-state index contributed by atoms with van der Waals surface area (Å²) < 4.78 is 1.17. The van der Waals surface area contributed by atoms with Gasteiger partial charge in [0.1, 0.15) is 0 Å². The first-order valence-corrected chi connectivity index (χ1v) is 3.19. The molecule has 21 valence electrons. The molecule has 0 saturated carbocycles. The zero-order valence-electron chi connectivity index (χ0n) is 2.49. The molecular weight excluding hydrogens is 155 g/mol. The minimum absolute atomic E-state index is 1.17. The molecule has 3 radical (unpaired) electrons. The van der Waals surface area contributed by atoms with Crippen molar-refractivity contribution in [2.45, 2.75) is 4.44 Å². The summed E-state index contributed by atoms with van der Waals surface area (Å²) in [5, 5.41) is 0. The normalized spacial score (nSPS) is 6.25. The van der Waals surface area contributed by atoms with E-state index in [1.165, 1.54) is 4.44 Å². The molecule has 0 aliphatic heterocycles. The van der Waals surface area contributed by atoms with Crippen molar-refractivity contribution in [2.24, 2.45) is 0 Å². The fraction of sp³-hybridized carbons (Fsp3) is 0.333. The minimum atomic E-state index is 1.17. The van der Waals surface area contributed by atoms with Crippen LogP contribution in [0.2, 0.25) is 4.44 Å². The molecule has 0 atom stereocenters. The first-order valence-electron chi connectivity index (χ1n) is 1.17. The Labute approximate surface area is 40.0 Å². The summed E-state index contributed by atoms with van der Waals surface area (Å²) in [6.07, 6.45) is 1.92. The van der Waals surface area contributed by atoms with Crippen molar-refractivity contribution in [2.75, 3.05) is 0 Å². The molecule has 0 saturated heterocycles. The monoisotopic (exact) mass is 161 g/mol. The predicted octanol–water partition coefficient (Wildman–Crippen LogP) is 0.759. The van der Waals surface area contributed by atoms with Crippen molar-refractivity contribution in [3.8, 4) is 0 Å². The summed E-state index contributed by atoms with van der Waals surface area (Å²) in [7, 11) is 0. The van der Waals surface area contributed by atoms with E-state index >= 15 is 0 Å². The van der Waals surface area contributed by atoms with E-state index in [9.17, 15) is 0 Å². The van der Waals surface area contributed by atoms with Gasteiger partial charge in [-0.25, -0.2) is 0 Å². The van der Waals surface area contributed by atoms with Gasteiger partial charge in [0.15, 0.2) is 0 Å². The summed E-state index contributed by atoms with van der Waals surface area (Å²) in [5.41, 5.74) is 0. The summed E-state index contributed by atoms with van der Waals surface area (Å²) in [4.78, 5) is 0. The first-order chi connectivity index (χ1) is 1.91. The van der Waals surface area contributed by atoms with Crippen molar-refractivity contribution < 1.29 is 0 Å². The van der Waals surface area contributed by atoms with Gasteiger partial charge in [-0.15, -0.1) is 0 Å². The standard InChI is InChI=1S/C3H5.Sn/c1-3-2;/h3H,1-2H2;. The Morgan fingerprint density at radius 1 is 2.00 bits per heavy atom. The maximum absolute atomic E-state index is 3.50. The van der Waals surface area contributed by atoms with E-state index in [1.54, 1.807) is 22.5 Å². The van der Waals surface area contributed by atoms with Crippen LogP contribution in [0.1, 0.15) is 0 Å². The fourth-order valence-corrected chi connectivity index (χ4v) is 0. The molecule has 0 bridgehead atoms. The molecule has 0 rings (SSSR count). The fourth-order valence-electron chi connectivity index (χ4n) is 0. The van der Waals surface area contributed by atoms with Crippen LogP contribution in [0.15, 0.2) is 12.7 Å². The molecule has 0 aromatic carbocycles. The van der Waals surface area contributed by atoms with Crippen LogP contribution in [0.5, 0.6) is 0 Å². The van der Waals surface area contributed by atoms with E-state index in [-0.39, 0.29) is 0 Å². The Bertz CT molecular complexity index is 17.2. The van der Waals surface area contributed by atoms with Crippen LogP contribution in [-0.2, 0) is 0 Å². The molecule has 0 unspecified atom stereocenters. The predicted molar refractivity (Wildman–Crippen MR) is 20.8 cm³/mol. The molecule has 4 heavy (non-hydrogen) atoms. The van der Waals surface area contributed by atoms with Gasteiger partial charge >= 0.3 is 39.6 Å². The van der Waals surface area contributed by atoms with Gasteiger partial charge in [0.2, 0.25) is 0 Å². The number of rotatable bonds is 1. The van der Waals surface area contributed by atoms with E-state index in [4.69, 9.17) is 0 Å². The second-order valence-electron chi connectivity index (χ2n) is 0.493. The third-order valence-electron chi connectivity index (χ3n) is 0.144. The average molecular weight is 160 g/mol. The molecule has 0 aromatic heterocycles. The summed E-state index contributed by atoms with van der Waals surface area (Å²) in [5.74, 6) is 0. The van der Waals surface area contributed by atoms with Gasteiger partial charge < -0.3 is 0 Å². The van der Waals surface area contributed by atoms with E-state index in [0.29, 0.717) is 0 Å². The van der Waals surface area contributed by atoms with Gasteiger partial charge in [0.25, 0.3) is 0 Å². The molecule has 0 amide bonds. The quantitative estimate of drug-likeness (QED) is 0.392. The summed E-state index contributed by atoms with van der Waals surface area (Å²) >= 11 is 1.55. The molecule has 0 aliphatic carbocycles. The van der Waals surface area contributed by atoms with Gasteiger partial charge in [-0.3, -0.25) is 0 Å². The van der Waals surface area contributed by atoms with Gasteiger partial charge in [-0.1, -0.05) is 0 Å². The number of allylic oxidation sites excluding steroid dienone is 1. The number of hydrogen-bond acceptors (Lipinski definition) is 0. The zero-order valence-corrected chi connectivity index (χ0v) is 5.35. The van der Waals surface area contributed by atoms with Crippen LogP contribution in [0.4, 0.5) is 0 Å². The van der Waals surface area contributed by atoms with E-state index < -0.39 is 0 Å². The molecule has 0 fully saturated rings. The van der Waals surface area contributed by atoms with Crippen LogP contribution in [-0.4, -0.2) is 22.5 Å². The van der Waals surface area contributed by atoms with Gasteiger partial charge in [0.05, 0.1) is 0 Å². The van der Waals surface area contributed by atoms with Crippen LogP contribution >= 0.6 is 0 Å². The van der Waals surface area contributed by atoms with Crippen molar-refractivity contribution in [1.82, 2.24) is 0 Å². The van der Waals surface area contributed by atoms with Crippen LogP contribution in [0.3, 0.4) is 0 Å². The molecule has 1 heteroatoms. The Kier molecular flexibility index (Phi) is 4.02. The second kappa shape index (κ2) is 3.54. The SMILES string of the molecule is C=C[CH2][Sn]. The molecule has 0 aromatic rings. The molecule has 0 nitrogen and oxygen atoms in total. The van der Waals surface area contributed by atoms with Crippen molar-refractivity contribution >= 4 is 22.5 Å². The van der Waals surface area contributed by atoms with Crippen molar-refractivity contribution in [1.29, 1.82) is 0 Å². The average Bonchev–Trinajstić information content (AvgIpc) is 1.37. The Balaban J connectivity index is 2.30. The molecule has 0 heterocycles. The Morgan fingerprint density at radius 2 is 2.25 bits per heavy atom. The molecule has 0 spiro atoms. The third kappa shape index (κ3) is 2.54. The number of hydrogen-bond donors (Lipinski definition) is 0. The van der Waals surface area contributed by atoms with Gasteiger partial charge in [0, 0.05) is 0 Å². The molecule has 0 N–H and O–H groups in total. The van der Waals surface area contributed by atoms with Crippen molar-refractivity contribution in [3.05, 3.63) is 12.7 Å². The van der Waals surface area contributed by atoms with E-state index in [2.05, 4.69) is 6.58 Å². The zero-order chi connectivity index (χ0) is 3.41. The Morgan fingerprint density at radius 3 is 2.25 bits per heavy atom. The third-order valence-corrected chi connectivity index (χ3v) is 0.968. The molecule has 0 aliphatic rings. The van der Waals surface area contributed by atoms with E-state index in [1.807, 2.05) is 6.08 Å². The van der Waals surface area contributed by atoms with Gasteiger partial charge in [-0.2, -0.15) is 0 Å².